The van der Waals surface area contributed by atoms with Gasteiger partial charge in [0, 0.05) is 13.7 Å². The largest absolute Gasteiger partial charge is 0.491 e. The summed E-state index contributed by atoms with van der Waals surface area (Å²) in [5.41, 5.74) is 6.31. The minimum absolute atomic E-state index is 0.0771. The molecule has 0 saturated heterocycles. The fourth-order valence-electron chi connectivity index (χ4n) is 2.78. The second-order valence-corrected chi connectivity index (χ2v) is 6.17. The molecule has 0 radical (unpaired) electrons. The first-order chi connectivity index (χ1) is 14.1. The van der Waals surface area contributed by atoms with E-state index in [1.165, 1.54) is 4.57 Å². The highest BCUT2D eigenvalue weighted by Crippen LogP contribution is 2.18. The van der Waals surface area contributed by atoms with Gasteiger partial charge in [0.05, 0.1) is 13.2 Å². The molecule has 29 heavy (non-hydrogen) atoms. The number of imidazole rings is 1. The number of H-pyrrole nitrogens is 1. The van der Waals surface area contributed by atoms with Crippen molar-refractivity contribution >= 4 is 17.0 Å². The average Bonchev–Trinajstić information content (AvgIpc) is 3.03. The summed E-state index contributed by atoms with van der Waals surface area (Å²) in [6, 6.07) is 9.49. The van der Waals surface area contributed by atoms with E-state index in [1.54, 1.807) is 7.11 Å². The van der Waals surface area contributed by atoms with Crippen molar-refractivity contribution < 1.29 is 18.9 Å². The van der Waals surface area contributed by atoms with Crippen molar-refractivity contribution in [3.8, 4) is 11.8 Å². The van der Waals surface area contributed by atoms with Gasteiger partial charge in [-0.1, -0.05) is 18.2 Å². The quantitative estimate of drug-likeness (QED) is 0.458. The number of fused-ring (bicyclic) bond motifs is 1. The number of hydrogen-bond acceptors (Lipinski definition) is 8. The normalized spacial score (nSPS) is 12.2. The van der Waals surface area contributed by atoms with E-state index in [-0.39, 0.29) is 43.4 Å². The van der Waals surface area contributed by atoms with Crippen molar-refractivity contribution in [1.29, 1.82) is 0 Å². The second kappa shape index (κ2) is 9.89. The second-order valence-electron chi connectivity index (χ2n) is 6.17. The Balaban J connectivity index is 1.82. The Hall–Kier alpha value is -3.11. The summed E-state index contributed by atoms with van der Waals surface area (Å²) in [6.45, 7) is 3.51. The van der Waals surface area contributed by atoms with Gasteiger partial charge >= 0.3 is 11.7 Å². The van der Waals surface area contributed by atoms with E-state index in [1.807, 2.05) is 37.3 Å². The third kappa shape index (κ3) is 5.24. The Morgan fingerprint density at radius 3 is 2.69 bits per heavy atom. The molecule has 1 atom stereocenters. The lowest BCUT2D eigenvalue weighted by Crippen LogP contribution is -2.31. The number of rotatable bonds is 11. The Bertz CT molecular complexity index is 972. The van der Waals surface area contributed by atoms with Crippen molar-refractivity contribution in [3.63, 3.8) is 0 Å². The van der Waals surface area contributed by atoms with Crippen LogP contribution >= 0.6 is 0 Å². The van der Waals surface area contributed by atoms with Crippen LogP contribution in [0.2, 0.25) is 0 Å². The summed E-state index contributed by atoms with van der Waals surface area (Å²) < 4.78 is 23.4. The number of hydrogen-bond donors (Lipinski definition) is 2. The Morgan fingerprint density at radius 2 is 1.97 bits per heavy atom. The van der Waals surface area contributed by atoms with Crippen molar-refractivity contribution in [3.05, 3.63) is 40.8 Å². The summed E-state index contributed by atoms with van der Waals surface area (Å²) in [6.07, 6.45) is -0.369. The molecule has 0 saturated carbocycles. The number of benzene rings is 1. The molecule has 0 aliphatic heterocycles. The van der Waals surface area contributed by atoms with Crippen LogP contribution in [0.15, 0.2) is 35.1 Å². The Labute approximate surface area is 167 Å². The molecule has 0 aliphatic rings. The van der Waals surface area contributed by atoms with E-state index in [9.17, 15) is 4.79 Å². The van der Waals surface area contributed by atoms with Crippen LogP contribution in [0.1, 0.15) is 6.92 Å². The van der Waals surface area contributed by atoms with Crippen molar-refractivity contribution in [2.45, 2.75) is 19.6 Å². The number of nitrogens with zero attached hydrogens (tertiary/aromatic N) is 3. The molecule has 0 spiro atoms. The van der Waals surface area contributed by atoms with Crippen molar-refractivity contribution in [2.75, 3.05) is 39.3 Å². The highest BCUT2D eigenvalue weighted by molar-refractivity contribution is 5.81. The number of nitrogen functional groups attached to an aromatic ring is 1. The SMILES string of the molecule is CCOC(COc1ccccc1)Cn1c(=O)[nH]c2c(N)nc(OCCOC)nc21. The standard InChI is InChI=1S/C19H25N5O5/c1-3-27-14(12-29-13-7-5-4-6-8-13)11-24-17-15(21-19(24)25)16(20)22-18(23-17)28-10-9-26-2/h4-8,14H,3,9-12H2,1-2H3,(H,21,25)(H2,20,22,23). The predicted molar refractivity (Wildman–Crippen MR) is 107 cm³/mol. The number of nitrogens with one attached hydrogen (secondary N) is 1. The third-order valence-corrected chi connectivity index (χ3v) is 4.12. The highest BCUT2D eigenvalue weighted by atomic mass is 16.5. The number of methoxy groups -OCH3 is 1. The molecule has 1 unspecified atom stereocenters. The van der Waals surface area contributed by atoms with Gasteiger partial charge in [0.25, 0.3) is 0 Å². The molecule has 10 nitrogen and oxygen atoms in total. The van der Waals surface area contributed by atoms with E-state index in [0.29, 0.717) is 24.4 Å². The van der Waals surface area contributed by atoms with Gasteiger partial charge in [-0.3, -0.25) is 4.57 Å². The van der Waals surface area contributed by atoms with Gasteiger partial charge in [0.2, 0.25) is 0 Å². The van der Waals surface area contributed by atoms with Crippen LogP contribution in [0.4, 0.5) is 5.82 Å². The molecule has 0 bridgehead atoms. The Kier molecular flexibility index (Phi) is 7.04. The molecule has 156 valence electrons. The smallest absolute Gasteiger partial charge is 0.327 e. The maximum absolute atomic E-state index is 12.5. The average molecular weight is 403 g/mol. The molecular weight excluding hydrogens is 378 g/mol. The van der Waals surface area contributed by atoms with Gasteiger partial charge in [0.15, 0.2) is 11.5 Å². The molecule has 0 aliphatic carbocycles. The molecule has 2 aromatic heterocycles. The monoisotopic (exact) mass is 403 g/mol. The van der Waals surface area contributed by atoms with E-state index < -0.39 is 0 Å². The lowest BCUT2D eigenvalue weighted by atomic mass is 10.3. The first kappa shape index (κ1) is 20.6. The number of aromatic amines is 1. The summed E-state index contributed by atoms with van der Waals surface area (Å²) in [4.78, 5) is 23.6. The van der Waals surface area contributed by atoms with Gasteiger partial charge < -0.3 is 29.7 Å². The summed E-state index contributed by atoms with van der Waals surface area (Å²) in [7, 11) is 1.57. The van der Waals surface area contributed by atoms with Crippen LogP contribution in [0, 0.1) is 0 Å². The zero-order valence-electron chi connectivity index (χ0n) is 16.5. The number of anilines is 1. The predicted octanol–water partition coefficient (Wildman–Crippen LogP) is 1.21. The molecular formula is C19H25N5O5. The van der Waals surface area contributed by atoms with Gasteiger partial charge in [-0.2, -0.15) is 9.97 Å². The number of ether oxygens (including phenoxy) is 4. The fraction of sp³-hybridized carbons (Fsp3) is 0.421. The molecule has 3 aromatic rings. The van der Waals surface area contributed by atoms with Crippen LogP contribution in [-0.2, 0) is 16.0 Å². The Morgan fingerprint density at radius 1 is 1.17 bits per heavy atom. The summed E-state index contributed by atoms with van der Waals surface area (Å²) in [5.74, 6) is 0.857. The lowest BCUT2D eigenvalue weighted by Gasteiger charge is -2.18. The fourth-order valence-corrected chi connectivity index (χ4v) is 2.78. The molecule has 0 fully saturated rings. The van der Waals surface area contributed by atoms with Crippen LogP contribution in [0.5, 0.6) is 11.8 Å². The van der Waals surface area contributed by atoms with Crippen molar-refractivity contribution in [1.82, 2.24) is 19.5 Å². The number of aromatic nitrogens is 4. The minimum atomic E-state index is -0.369. The maximum Gasteiger partial charge on any atom is 0.327 e. The maximum atomic E-state index is 12.5. The van der Waals surface area contributed by atoms with E-state index in [4.69, 9.17) is 24.7 Å². The van der Waals surface area contributed by atoms with Crippen LogP contribution in [0.25, 0.3) is 11.2 Å². The van der Waals surface area contributed by atoms with Gasteiger partial charge in [-0.25, -0.2) is 4.79 Å². The molecule has 3 rings (SSSR count). The molecule has 0 amide bonds. The van der Waals surface area contributed by atoms with Crippen LogP contribution < -0.4 is 20.9 Å². The van der Waals surface area contributed by atoms with E-state index in [2.05, 4.69) is 15.0 Å². The summed E-state index contributed by atoms with van der Waals surface area (Å²) >= 11 is 0. The van der Waals surface area contributed by atoms with Crippen LogP contribution in [0.3, 0.4) is 0 Å². The minimum Gasteiger partial charge on any atom is -0.491 e. The van der Waals surface area contributed by atoms with Crippen molar-refractivity contribution in [2.24, 2.45) is 0 Å². The molecule has 3 N–H and O–H groups in total. The van der Waals surface area contributed by atoms with Gasteiger partial charge in [-0.05, 0) is 19.1 Å². The molecule has 2 heterocycles. The first-order valence-electron chi connectivity index (χ1n) is 9.29. The zero-order chi connectivity index (χ0) is 20.6. The molecule has 10 heteroatoms. The van der Waals surface area contributed by atoms with Gasteiger partial charge in [0.1, 0.15) is 30.6 Å². The summed E-state index contributed by atoms with van der Waals surface area (Å²) in [5, 5.41) is 0. The topological polar surface area (TPSA) is 127 Å². The first-order valence-corrected chi connectivity index (χ1v) is 9.29. The van der Waals surface area contributed by atoms with Gasteiger partial charge in [-0.15, -0.1) is 0 Å². The number of para-hydroxylation sites is 1. The zero-order valence-corrected chi connectivity index (χ0v) is 16.5. The van der Waals surface area contributed by atoms with E-state index >= 15 is 0 Å². The third-order valence-electron chi connectivity index (χ3n) is 4.12. The lowest BCUT2D eigenvalue weighted by molar-refractivity contribution is 0.0170. The van der Waals surface area contributed by atoms with Crippen LogP contribution in [-0.4, -0.2) is 59.2 Å². The van der Waals surface area contributed by atoms with E-state index in [0.717, 1.165) is 5.75 Å². The number of nitrogens with two attached hydrogens (primary N) is 1. The molecule has 1 aromatic carbocycles. The highest BCUT2D eigenvalue weighted by Gasteiger charge is 2.19.